The van der Waals surface area contributed by atoms with Crippen LogP contribution in [0.25, 0.3) is 0 Å². The van der Waals surface area contributed by atoms with Gasteiger partial charge in [-0.1, -0.05) is 0 Å². The highest BCUT2D eigenvalue weighted by atomic mass is 32.2. The van der Waals surface area contributed by atoms with E-state index in [4.69, 9.17) is 10.5 Å². The second kappa shape index (κ2) is 6.65. The molecule has 1 heterocycles. The highest BCUT2D eigenvalue weighted by Crippen LogP contribution is 2.10. The van der Waals surface area contributed by atoms with Gasteiger partial charge in [-0.2, -0.15) is 4.31 Å². The van der Waals surface area contributed by atoms with Crippen molar-refractivity contribution in [3.05, 3.63) is 0 Å². The van der Waals surface area contributed by atoms with Crippen LogP contribution < -0.4 is 5.73 Å². The van der Waals surface area contributed by atoms with E-state index < -0.39 is 10.0 Å². The van der Waals surface area contributed by atoms with E-state index in [0.29, 0.717) is 25.7 Å². The fraction of sp³-hybridized carbons (Fsp3) is 1.00. The van der Waals surface area contributed by atoms with Crippen LogP contribution in [-0.4, -0.2) is 75.9 Å². The molecule has 102 valence electrons. The van der Waals surface area contributed by atoms with Gasteiger partial charge >= 0.3 is 0 Å². The van der Waals surface area contributed by atoms with E-state index in [0.717, 1.165) is 13.1 Å². The highest BCUT2D eigenvalue weighted by Gasteiger charge is 2.27. The second-order valence-electron chi connectivity index (χ2n) is 4.33. The number of sulfonamides is 1. The molecule has 2 N–H and O–H groups in total. The number of piperazine rings is 1. The molecule has 0 spiro atoms. The maximum atomic E-state index is 11.9. The molecule has 0 radical (unpaired) electrons. The summed E-state index contributed by atoms with van der Waals surface area (Å²) in [6.45, 7) is 5.54. The Morgan fingerprint density at radius 3 is 2.35 bits per heavy atom. The molecule has 0 aliphatic carbocycles. The molecule has 0 saturated carbocycles. The largest absolute Gasteiger partial charge is 0.384 e. The molecule has 1 saturated heterocycles. The molecule has 0 bridgehead atoms. The summed E-state index contributed by atoms with van der Waals surface area (Å²) in [6, 6.07) is 0.318. The summed E-state index contributed by atoms with van der Waals surface area (Å²) in [5.74, 6) is 0.0654. The van der Waals surface area contributed by atoms with Crippen LogP contribution in [0.4, 0.5) is 0 Å². The molecular formula is C10H23N3O3S. The van der Waals surface area contributed by atoms with Crippen LogP contribution in [-0.2, 0) is 14.8 Å². The minimum Gasteiger partial charge on any atom is -0.384 e. The smallest absolute Gasteiger partial charge is 0.216 e. The van der Waals surface area contributed by atoms with Gasteiger partial charge in [-0.05, 0) is 6.92 Å². The van der Waals surface area contributed by atoms with Crippen LogP contribution in [0.3, 0.4) is 0 Å². The van der Waals surface area contributed by atoms with Crippen molar-refractivity contribution >= 4 is 10.0 Å². The van der Waals surface area contributed by atoms with E-state index in [1.54, 1.807) is 4.31 Å². The molecular weight excluding hydrogens is 242 g/mol. The van der Waals surface area contributed by atoms with Gasteiger partial charge < -0.3 is 10.5 Å². The van der Waals surface area contributed by atoms with Gasteiger partial charge in [-0.15, -0.1) is 0 Å². The molecule has 1 atom stereocenters. The first kappa shape index (κ1) is 14.8. The molecule has 0 aromatic heterocycles. The summed E-state index contributed by atoms with van der Waals surface area (Å²) < 4.78 is 30.1. The summed E-state index contributed by atoms with van der Waals surface area (Å²) in [5.41, 5.74) is 5.60. The molecule has 17 heavy (non-hydrogen) atoms. The second-order valence-corrected chi connectivity index (χ2v) is 6.42. The van der Waals surface area contributed by atoms with Gasteiger partial charge in [0.2, 0.25) is 10.0 Å². The van der Waals surface area contributed by atoms with Crippen molar-refractivity contribution in [3.63, 3.8) is 0 Å². The number of ether oxygens (including phenoxy) is 1. The Morgan fingerprint density at radius 2 is 1.88 bits per heavy atom. The van der Waals surface area contributed by atoms with Crippen molar-refractivity contribution in [2.24, 2.45) is 5.73 Å². The normalized spacial score (nSPS) is 21.6. The molecule has 7 heteroatoms. The Labute approximate surface area is 104 Å². The van der Waals surface area contributed by atoms with Gasteiger partial charge in [-0.25, -0.2) is 8.42 Å². The van der Waals surface area contributed by atoms with Crippen LogP contribution in [0, 0.1) is 0 Å². The van der Waals surface area contributed by atoms with E-state index >= 15 is 0 Å². The van der Waals surface area contributed by atoms with Gasteiger partial charge in [0.05, 0.1) is 12.4 Å². The van der Waals surface area contributed by atoms with E-state index in [2.05, 4.69) is 11.8 Å². The summed E-state index contributed by atoms with van der Waals surface area (Å²) in [6.07, 6.45) is 0. The third-order valence-corrected chi connectivity index (χ3v) is 5.01. The minimum absolute atomic E-state index is 0.0654. The van der Waals surface area contributed by atoms with Crippen LogP contribution in [0.2, 0.25) is 0 Å². The summed E-state index contributed by atoms with van der Waals surface area (Å²) in [5, 5.41) is 0. The lowest BCUT2D eigenvalue weighted by molar-refractivity contribution is 0.147. The van der Waals surface area contributed by atoms with Crippen molar-refractivity contribution in [3.8, 4) is 0 Å². The Bertz CT molecular complexity index is 313. The lowest BCUT2D eigenvalue weighted by atomic mass is 10.2. The Balaban J connectivity index is 2.46. The summed E-state index contributed by atoms with van der Waals surface area (Å²) in [7, 11) is -1.64. The summed E-state index contributed by atoms with van der Waals surface area (Å²) in [4.78, 5) is 2.22. The van der Waals surface area contributed by atoms with Crippen LogP contribution in [0.5, 0.6) is 0 Å². The Hall–Kier alpha value is -0.210. The quantitative estimate of drug-likeness (QED) is 0.662. The van der Waals surface area contributed by atoms with Gasteiger partial charge in [0.1, 0.15) is 0 Å². The summed E-state index contributed by atoms with van der Waals surface area (Å²) >= 11 is 0. The van der Waals surface area contributed by atoms with Crippen LogP contribution >= 0.6 is 0 Å². The predicted octanol–water partition coefficient (Wildman–Crippen LogP) is -1.07. The Morgan fingerprint density at radius 1 is 1.29 bits per heavy atom. The molecule has 0 aromatic rings. The highest BCUT2D eigenvalue weighted by molar-refractivity contribution is 7.89. The number of rotatable bonds is 6. The zero-order chi connectivity index (χ0) is 12.9. The van der Waals surface area contributed by atoms with Crippen molar-refractivity contribution in [1.82, 2.24) is 9.21 Å². The van der Waals surface area contributed by atoms with E-state index in [1.165, 1.54) is 7.11 Å². The van der Waals surface area contributed by atoms with Crippen molar-refractivity contribution < 1.29 is 13.2 Å². The molecule has 1 unspecified atom stereocenters. The Kier molecular flexibility index (Phi) is 5.81. The SMILES string of the molecule is COCCS(=O)(=O)N1CCN(C(C)CN)CC1. The molecule has 6 nitrogen and oxygen atoms in total. The van der Waals surface area contributed by atoms with Gasteiger partial charge in [0.25, 0.3) is 0 Å². The molecule has 1 rings (SSSR count). The molecule has 0 amide bonds. The monoisotopic (exact) mass is 265 g/mol. The van der Waals surface area contributed by atoms with E-state index in [-0.39, 0.29) is 12.4 Å². The van der Waals surface area contributed by atoms with E-state index in [1.807, 2.05) is 0 Å². The molecule has 0 aromatic carbocycles. The van der Waals surface area contributed by atoms with Crippen molar-refractivity contribution in [2.45, 2.75) is 13.0 Å². The maximum absolute atomic E-state index is 11.9. The van der Waals surface area contributed by atoms with Gasteiger partial charge in [-0.3, -0.25) is 4.90 Å². The zero-order valence-corrected chi connectivity index (χ0v) is 11.4. The topological polar surface area (TPSA) is 75.9 Å². The van der Waals surface area contributed by atoms with Crippen molar-refractivity contribution in [2.75, 3.05) is 52.2 Å². The maximum Gasteiger partial charge on any atom is 0.216 e. The molecule has 1 fully saturated rings. The van der Waals surface area contributed by atoms with Crippen molar-refractivity contribution in [1.29, 1.82) is 0 Å². The third kappa shape index (κ3) is 4.18. The number of nitrogens with two attached hydrogens (primary N) is 1. The first-order chi connectivity index (χ1) is 8.01. The number of nitrogens with zero attached hydrogens (tertiary/aromatic N) is 2. The number of hydrogen-bond donors (Lipinski definition) is 1. The fourth-order valence-electron chi connectivity index (χ4n) is 1.89. The average Bonchev–Trinajstić information content (AvgIpc) is 2.35. The number of methoxy groups -OCH3 is 1. The first-order valence-electron chi connectivity index (χ1n) is 5.92. The third-order valence-electron chi connectivity index (χ3n) is 3.18. The lowest BCUT2D eigenvalue weighted by Crippen LogP contribution is -2.53. The van der Waals surface area contributed by atoms with Crippen LogP contribution in [0.15, 0.2) is 0 Å². The molecule has 1 aliphatic rings. The zero-order valence-electron chi connectivity index (χ0n) is 10.6. The standard InChI is InChI=1S/C10H23N3O3S/c1-10(9-11)12-3-5-13(6-4-12)17(14,15)8-7-16-2/h10H,3-9,11H2,1-2H3. The van der Waals surface area contributed by atoms with Crippen LogP contribution in [0.1, 0.15) is 6.92 Å². The fourth-order valence-corrected chi connectivity index (χ4v) is 3.24. The first-order valence-corrected chi connectivity index (χ1v) is 7.53. The molecule has 1 aliphatic heterocycles. The van der Waals surface area contributed by atoms with E-state index in [9.17, 15) is 8.42 Å². The van der Waals surface area contributed by atoms with Gasteiger partial charge in [0.15, 0.2) is 0 Å². The lowest BCUT2D eigenvalue weighted by Gasteiger charge is -2.36. The minimum atomic E-state index is -3.15. The predicted molar refractivity (Wildman–Crippen MR) is 67.3 cm³/mol. The number of hydrogen-bond acceptors (Lipinski definition) is 5. The van der Waals surface area contributed by atoms with Gasteiger partial charge in [0, 0.05) is 45.9 Å². The average molecular weight is 265 g/mol.